The van der Waals surface area contributed by atoms with Crippen LogP contribution < -0.4 is 0 Å². The molecule has 0 saturated heterocycles. The van der Waals surface area contributed by atoms with Gasteiger partial charge in [-0.2, -0.15) is 0 Å². The lowest BCUT2D eigenvalue weighted by molar-refractivity contribution is 0.242. The number of rotatable bonds is 4. The zero-order chi connectivity index (χ0) is 18.2. The van der Waals surface area contributed by atoms with Crippen LogP contribution in [-0.4, -0.2) is 42.6 Å². The first-order valence-electron chi connectivity index (χ1n) is 9.13. The molecule has 0 spiro atoms. The molecule has 1 aliphatic heterocycles. The van der Waals surface area contributed by atoms with Gasteiger partial charge in [-0.3, -0.25) is 4.90 Å². The van der Waals surface area contributed by atoms with Gasteiger partial charge < -0.3 is 0 Å². The van der Waals surface area contributed by atoms with E-state index in [0.717, 1.165) is 50.0 Å². The van der Waals surface area contributed by atoms with Crippen LogP contribution in [0.2, 0.25) is 0 Å². The molecular weight excluding hydrogens is 334 g/mol. The van der Waals surface area contributed by atoms with Crippen molar-refractivity contribution in [2.75, 3.05) is 19.3 Å². The predicted molar refractivity (Wildman–Crippen MR) is 99.1 cm³/mol. The average molecular weight is 364 g/mol. The summed E-state index contributed by atoms with van der Waals surface area (Å²) < 4.78 is 23.2. The van der Waals surface area contributed by atoms with E-state index in [2.05, 4.69) is 35.6 Å². The SMILES string of the molecule is CC1=C(CCN2CCc3nc(S(C)(=O)=O)ncc3C2)C(C)(C)CCC1. The highest BCUT2D eigenvalue weighted by atomic mass is 32.2. The molecular formula is C19H29N3O2S. The van der Waals surface area contributed by atoms with E-state index in [4.69, 9.17) is 0 Å². The molecule has 2 aliphatic rings. The fourth-order valence-corrected chi connectivity index (χ4v) is 4.74. The van der Waals surface area contributed by atoms with Crippen LogP contribution in [0.4, 0.5) is 0 Å². The lowest BCUT2D eigenvalue weighted by Crippen LogP contribution is -2.34. The Balaban J connectivity index is 1.68. The van der Waals surface area contributed by atoms with E-state index in [1.807, 2.05) is 0 Å². The quantitative estimate of drug-likeness (QED) is 0.607. The molecule has 5 nitrogen and oxygen atoms in total. The smallest absolute Gasteiger partial charge is 0.246 e. The molecule has 25 heavy (non-hydrogen) atoms. The minimum absolute atomic E-state index is 0.0514. The normalized spacial score (nSPS) is 21.3. The van der Waals surface area contributed by atoms with Crippen LogP contribution in [0.25, 0.3) is 0 Å². The summed E-state index contributed by atoms with van der Waals surface area (Å²) in [5.74, 6) is 0. The first-order valence-corrected chi connectivity index (χ1v) is 11.0. The maximum Gasteiger partial charge on any atom is 0.246 e. The Morgan fingerprint density at radius 3 is 2.72 bits per heavy atom. The molecule has 2 heterocycles. The zero-order valence-corrected chi connectivity index (χ0v) is 16.6. The minimum Gasteiger partial charge on any atom is -0.298 e. The average Bonchev–Trinajstić information content (AvgIpc) is 2.52. The van der Waals surface area contributed by atoms with Crippen LogP contribution in [0.5, 0.6) is 0 Å². The molecule has 0 unspecified atom stereocenters. The van der Waals surface area contributed by atoms with E-state index in [0.29, 0.717) is 5.41 Å². The molecule has 138 valence electrons. The Morgan fingerprint density at radius 2 is 2.04 bits per heavy atom. The largest absolute Gasteiger partial charge is 0.298 e. The molecule has 3 rings (SSSR count). The predicted octanol–water partition coefficient (Wildman–Crippen LogP) is 3.15. The van der Waals surface area contributed by atoms with Crippen molar-refractivity contribution in [2.24, 2.45) is 5.41 Å². The van der Waals surface area contributed by atoms with Crippen LogP contribution in [0, 0.1) is 5.41 Å². The van der Waals surface area contributed by atoms with E-state index in [9.17, 15) is 8.42 Å². The molecule has 0 fully saturated rings. The molecule has 0 saturated carbocycles. The van der Waals surface area contributed by atoms with Gasteiger partial charge in [0.2, 0.25) is 15.0 Å². The van der Waals surface area contributed by atoms with Crippen LogP contribution in [0.3, 0.4) is 0 Å². The van der Waals surface area contributed by atoms with Crippen LogP contribution in [0.1, 0.15) is 57.7 Å². The van der Waals surface area contributed by atoms with Crippen molar-refractivity contribution in [1.29, 1.82) is 0 Å². The van der Waals surface area contributed by atoms with Crippen LogP contribution in [-0.2, 0) is 22.8 Å². The highest BCUT2D eigenvalue weighted by Gasteiger charge is 2.29. The highest BCUT2D eigenvalue weighted by molar-refractivity contribution is 7.90. The van der Waals surface area contributed by atoms with Gasteiger partial charge in [-0.1, -0.05) is 25.0 Å². The minimum atomic E-state index is -3.34. The molecule has 0 radical (unpaired) electrons. The summed E-state index contributed by atoms with van der Waals surface area (Å²) in [7, 11) is -3.34. The van der Waals surface area contributed by atoms with E-state index >= 15 is 0 Å². The number of hydrogen-bond acceptors (Lipinski definition) is 5. The molecule has 0 amide bonds. The topological polar surface area (TPSA) is 63.2 Å². The van der Waals surface area contributed by atoms with Gasteiger partial charge in [0.1, 0.15) is 0 Å². The standard InChI is InChI=1S/C19H29N3O2S/c1-14-6-5-9-19(2,3)16(14)7-10-22-11-8-17-15(13-22)12-20-18(21-17)25(4,23)24/h12H,5-11,13H2,1-4H3. The number of fused-ring (bicyclic) bond motifs is 1. The number of allylic oxidation sites excluding steroid dienone is 1. The number of aromatic nitrogens is 2. The third kappa shape index (κ3) is 4.11. The van der Waals surface area contributed by atoms with Gasteiger partial charge in [0, 0.05) is 44.1 Å². The van der Waals surface area contributed by atoms with Crippen LogP contribution in [0.15, 0.2) is 22.5 Å². The Labute approximate surface area is 151 Å². The lowest BCUT2D eigenvalue weighted by atomic mass is 9.71. The first kappa shape index (κ1) is 18.5. The van der Waals surface area contributed by atoms with Crippen molar-refractivity contribution in [1.82, 2.24) is 14.9 Å². The second kappa shape index (κ2) is 6.80. The van der Waals surface area contributed by atoms with E-state index in [-0.39, 0.29) is 5.16 Å². The summed E-state index contributed by atoms with van der Waals surface area (Å²) in [6.07, 6.45) is 8.60. The van der Waals surface area contributed by atoms with Gasteiger partial charge in [-0.15, -0.1) is 0 Å². The van der Waals surface area contributed by atoms with Gasteiger partial charge in [0.05, 0.1) is 5.69 Å². The second-order valence-electron chi connectivity index (χ2n) is 8.17. The fraction of sp³-hybridized carbons (Fsp3) is 0.684. The van der Waals surface area contributed by atoms with Gasteiger partial charge in [0.25, 0.3) is 0 Å². The summed E-state index contributed by atoms with van der Waals surface area (Å²) in [4.78, 5) is 10.8. The van der Waals surface area contributed by atoms with E-state index < -0.39 is 9.84 Å². The van der Waals surface area contributed by atoms with Crippen molar-refractivity contribution in [3.05, 3.63) is 28.6 Å². The monoisotopic (exact) mass is 363 g/mol. The summed E-state index contributed by atoms with van der Waals surface area (Å²) in [6, 6.07) is 0. The fourth-order valence-electron chi connectivity index (χ4n) is 4.22. The lowest BCUT2D eigenvalue weighted by Gasteiger charge is -2.36. The molecule has 0 atom stereocenters. The van der Waals surface area contributed by atoms with Crippen molar-refractivity contribution < 1.29 is 8.42 Å². The van der Waals surface area contributed by atoms with E-state index in [1.54, 1.807) is 17.3 Å². The Bertz CT molecular complexity index is 797. The molecule has 0 N–H and O–H groups in total. The number of nitrogens with zero attached hydrogens (tertiary/aromatic N) is 3. The second-order valence-corrected chi connectivity index (χ2v) is 10.1. The van der Waals surface area contributed by atoms with Crippen molar-refractivity contribution in [3.8, 4) is 0 Å². The summed E-state index contributed by atoms with van der Waals surface area (Å²) in [5, 5.41) is -0.0514. The Morgan fingerprint density at radius 1 is 1.28 bits per heavy atom. The molecule has 0 aromatic carbocycles. The summed E-state index contributed by atoms with van der Waals surface area (Å²) in [6.45, 7) is 9.83. The highest BCUT2D eigenvalue weighted by Crippen LogP contribution is 2.41. The molecule has 6 heteroatoms. The van der Waals surface area contributed by atoms with Gasteiger partial charge in [-0.25, -0.2) is 18.4 Å². The summed E-state index contributed by atoms with van der Waals surface area (Å²) in [5.41, 5.74) is 5.49. The van der Waals surface area contributed by atoms with E-state index in [1.165, 1.54) is 19.3 Å². The molecule has 1 aromatic rings. The Kier molecular flexibility index (Phi) is 5.04. The maximum atomic E-state index is 11.6. The maximum absolute atomic E-state index is 11.6. The zero-order valence-electron chi connectivity index (χ0n) is 15.8. The van der Waals surface area contributed by atoms with Crippen molar-refractivity contribution in [2.45, 2.75) is 64.6 Å². The molecule has 1 aliphatic carbocycles. The first-order chi connectivity index (χ1) is 11.7. The summed E-state index contributed by atoms with van der Waals surface area (Å²) >= 11 is 0. The molecule has 0 bridgehead atoms. The van der Waals surface area contributed by atoms with Crippen LogP contribution >= 0.6 is 0 Å². The Hall–Kier alpha value is -1.27. The third-order valence-corrected chi connectivity index (χ3v) is 6.55. The number of sulfone groups is 1. The van der Waals surface area contributed by atoms with Gasteiger partial charge in [-0.05, 0) is 38.0 Å². The third-order valence-electron chi connectivity index (χ3n) is 5.69. The van der Waals surface area contributed by atoms with Crippen molar-refractivity contribution >= 4 is 9.84 Å². The number of hydrogen-bond donors (Lipinski definition) is 0. The molecule has 1 aromatic heterocycles. The van der Waals surface area contributed by atoms with Gasteiger partial charge in [0.15, 0.2) is 0 Å². The van der Waals surface area contributed by atoms with Crippen molar-refractivity contribution in [3.63, 3.8) is 0 Å². The van der Waals surface area contributed by atoms with Gasteiger partial charge >= 0.3 is 0 Å².